The van der Waals surface area contributed by atoms with Crippen molar-refractivity contribution < 1.29 is 18.8 Å². The van der Waals surface area contributed by atoms with E-state index in [0.717, 1.165) is 39.6 Å². The molecule has 2 aromatic carbocycles. The molecular weight excluding hydrogens is 350 g/mol. The van der Waals surface area contributed by atoms with Crippen LogP contribution in [0.3, 0.4) is 0 Å². The molecule has 3 saturated heterocycles. The van der Waals surface area contributed by atoms with Crippen LogP contribution >= 0.6 is 0 Å². The Kier molecular flexibility index (Phi) is 3.14. The van der Waals surface area contributed by atoms with E-state index >= 15 is 0 Å². The van der Waals surface area contributed by atoms with E-state index in [4.69, 9.17) is 9.47 Å². The number of morpholine rings is 1. The average Bonchev–Trinajstić information content (AvgIpc) is 3.40. The molecular formula is C24H26NO3+. The molecule has 3 fully saturated rings. The fourth-order valence-electron chi connectivity index (χ4n) is 6.24. The monoisotopic (exact) mass is 376 g/mol. The predicted octanol–water partition coefficient (Wildman–Crippen LogP) is 3.27. The molecule has 4 aliphatic rings. The predicted molar refractivity (Wildman–Crippen MR) is 106 cm³/mol. The fourth-order valence-corrected chi connectivity index (χ4v) is 6.24. The van der Waals surface area contributed by atoms with Crippen LogP contribution in [0, 0.1) is 0 Å². The van der Waals surface area contributed by atoms with E-state index in [1.165, 1.54) is 0 Å². The molecule has 28 heavy (non-hydrogen) atoms. The number of piperidine rings is 1. The van der Waals surface area contributed by atoms with Crippen LogP contribution in [0.25, 0.3) is 11.1 Å². The summed E-state index contributed by atoms with van der Waals surface area (Å²) in [6, 6.07) is 17.4. The van der Waals surface area contributed by atoms with E-state index in [1.807, 2.05) is 31.2 Å². The van der Waals surface area contributed by atoms with Crippen molar-refractivity contribution in [2.75, 3.05) is 14.1 Å². The molecule has 5 atom stereocenters. The summed E-state index contributed by atoms with van der Waals surface area (Å²) in [4.78, 5) is 13.6. The molecule has 4 heteroatoms. The summed E-state index contributed by atoms with van der Waals surface area (Å²) in [5.74, 6) is -0.115. The van der Waals surface area contributed by atoms with Crippen molar-refractivity contribution in [2.24, 2.45) is 0 Å². The van der Waals surface area contributed by atoms with Crippen molar-refractivity contribution in [3.63, 3.8) is 0 Å². The Morgan fingerprint density at radius 2 is 1.46 bits per heavy atom. The Labute approximate surface area is 165 Å². The number of carbonyl (C=O) groups excluding carboxylic acids is 1. The molecule has 3 aliphatic heterocycles. The van der Waals surface area contributed by atoms with E-state index in [2.05, 4.69) is 38.4 Å². The molecule has 3 heterocycles. The highest BCUT2D eigenvalue weighted by molar-refractivity contribution is 5.97. The van der Waals surface area contributed by atoms with Crippen LogP contribution in [0.1, 0.15) is 30.9 Å². The molecule has 2 bridgehead atoms. The largest absolute Gasteiger partial charge is 0.461 e. The number of carbonyl (C=O) groups is 1. The van der Waals surface area contributed by atoms with Crippen LogP contribution < -0.4 is 0 Å². The van der Waals surface area contributed by atoms with Gasteiger partial charge in [0, 0.05) is 12.8 Å². The number of fused-ring (bicyclic) bond motifs is 8. The molecule has 0 N–H and O–H groups in total. The molecule has 4 nitrogen and oxygen atoms in total. The van der Waals surface area contributed by atoms with Crippen molar-refractivity contribution in [1.82, 2.24) is 0 Å². The second-order valence-corrected chi connectivity index (χ2v) is 9.54. The first kappa shape index (κ1) is 16.8. The van der Waals surface area contributed by atoms with Gasteiger partial charge in [-0.15, -0.1) is 0 Å². The molecule has 0 aromatic heterocycles. The van der Waals surface area contributed by atoms with Gasteiger partial charge in [0.15, 0.2) is 0 Å². The summed E-state index contributed by atoms with van der Waals surface area (Å²) in [6.07, 6.45) is 2.52. The number of hydrogen-bond acceptors (Lipinski definition) is 3. The minimum absolute atomic E-state index is 0.0122. The number of benzene rings is 2. The van der Waals surface area contributed by atoms with Gasteiger partial charge in [0.05, 0.1) is 14.1 Å². The van der Waals surface area contributed by atoms with Gasteiger partial charge in [0.1, 0.15) is 35.8 Å². The summed E-state index contributed by atoms with van der Waals surface area (Å²) in [7, 11) is 4.60. The maximum absolute atomic E-state index is 13.6. The molecule has 3 unspecified atom stereocenters. The maximum atomic E-state index is 13.6. The fraction of sp³-hybridized carbons (Fsp3) is 0.458. The van der Waals surface area contributed by atoms with Crippen molar-refractivity contribution in [2.45, 2.75) is 55.6 Å². The van der Waals surface area contributed by atoms with E-state index in [0.29, 0.717) is 24.3 Å². The highest BCUT2D eigenvalue weighted by Gasteiger charge is 2.71. The number of quaternary nitrogens is 1. The zero-order chi connectivity index (χ0) is 19.3. The van der Waals surface area contributed by atoms with Crippen molar-refractivity contribution in [1.29, 1.82) is 0 Å². The van der Waals surface area contributed by atoms with E-state index in [9.17, 15) is 4.79 Å². The van der Waals surface area contributed by atoms with Crippen molar-refractivity contribution in [3.05, 3.63) is 59.7 Å². The van der Waals surface area contributed by atoms with Crippen LogP contribution in [-0.4, -0.2) is 54.9 Å². The normalized spacial score (nSPS) is 34.9. The van der Waals surface area contributed by atoms with E-state index in [1.54, 1.807) is 0 Å². The number of hydrogen-bond donors (Lipinski definition) is 0. The van der Waals surface area contributed by atoms with Gasteiger partial charge >= 0.3 is 5.97 Å². The Hall–Kier alpha value is -2.17. The van der Waals surface area contributed by atoms with Gasteiger partial charge in [-0.05, 0) is 29.2 Å². The van der Waals surface area contributed by atoms with Gasteiger partial charge < -0.3 is 14.0 Å². The summed E-state index contributed by atoms with van der Waals surface area (Å²) in [5, 5.41) is 0. The standard InChI is InChI=1S/C24H26NO3/c1-24(17-10-6-4-8-15(17)16-9-5-7-11-18(16)24)23(26)27-14-12-19-21-22(28-21)20(13-14)25(19,2)3/h4-11,14,19-22H,12-13H2,1-3H3/q+1/t14?,19-,20?,21+,22?/m0/s1. The molecule has 0 amide bonds. The van der Waals surface area contributed by atoms with Crippen LogP contribution in [0.5, 0.6) is 0 Å². The first-order valence-electron chi connectivity index (χ1n) is 10.3. The smallest absolute Gasteiger partial charge is 0.321 e. The summed E-state index contributed by atoms with van der Waals surface area (Å²) in [6.45, 7) is 2.03. The number of likely N-dealkylation sites (N-methyl/N-ethyl adjacent to an activating group) is 1. The number of nitrogens with zero attached hydrogens (tertiary/aromatic N) is 1. The second-order valence-electron chi connectivity index (χ2n) is 9.54. The number of epoxide rings is 1. The number of esters is 1. The van der Waals surface area contributed by atoms with Gasteiger partial charge in [-0.3, -0.25) is 4.79 Å². The second kappa shape index (κ2) is 5.25. The van der Waals surface area contributed by atoms with Crippen LogP contribution in [0.4, 0.5) is 0 Å². The molecule has 6 rings (SSSR count). The molecule has 2 aromatic rings. The van der Waals surface area contributed by atoms with E-state index < -0.39 is 5.41 Å². The van der Waals surface area contributed by atoms with Crippen LogP contribution in [-0.2, 0) is 19.7 Å². The third-order valence-corrected chi connectivity index (χ3v) is 7.94. The topological polar surface area (TPSA) is 38.8 Å². The SMILES string of the molecule is CC1(C(=O)OC2CC3C4O[C@@H]4[C@H](C2)[N+]3(C)C)c2ccccc2-c2ccccc21. The molecule has 144 valence electrons. The lowest BCUT2D eigenvalue weighted by Crippen LogP contribution is -2.60. The average molecular weight is 376 g/mol. The third-order valence-electron chi connectivity index (χ3n) is 7.94. The molecule has 0 saturated carbocycles. The van der Waals surface area contributed by atoms with Crippen LogP contribution in [0.15, 0.2) is 48.5 Å². The minimum Gasteiger partial charge on any atom is -0.461 e. The maximum Gasteiger partial charge on any atom is 0.321 e. The lowest BCUT2D eigenvalue weighted by Gasteiger charge is -2.45. The zero-order valence-electron chi connectivity index (χ0n) is 16.6. The van der Waals surface area contributed by atoms with Crippen molar-refractivity contribution in [3.8, 4) is 11.1 Å². The van der Waals surface area contributed by atoms with Gasteiger partial charge in [-0.1, -0.05) is 48.5 Å². The van der Waals surface area contributed by atoms with Crippen LogP contribution in [0.2, 0.25) is 0 Å². The molecule has 0 spiro atoms. The quantitative estimate of drug-likeness (QED) is 0.459. The summed E-state index contributed by atoms with van der Waals surface area (Å²) < 4.78 is 13.1. The van der Waals surface area contributed by atoms with Gasteiger partial charge in [0.2, 0.25) is 0 Å². The number of ether oxygens (including phenoxy) is 2. The Balaban J connectivity index is 1.33. The minimum atomic E-state index is -0.743. The highest BCUT2D eigenvalue weighted by Crippen LogP contribution is 2.53. The zero-order valence-corrected chi connectivity index (χ0v) is 16.6. The lowest BCUT2D eigenvalue weighted by atomic mass is 9.80. The van der Waals surface area contributed by atoms with Crippen molar-refractivity contribution >= 4 is 5.97 Å². The Bertz CT molecular complexity index is 931. The number of rotatable bonds is 2. The van der Waals surface area contributed by atoms with E-state index in [-0.39, 0.29) is 12.1 Å². The summed E-state index contributed by atoms with van der Waals surface area (Å²) >= 11 is 0. The lowest BCUT2D eigenvalue weighted by molar-refractivity contribution is -0.938. The Morgan fingerprint density at radius 1 is 0.964 bits per heavy atom. The molecule has 1 aliphatic carbocycles. The van der Waals surface area contributed by atoms with Gasteiger partial charge in [-0.2, -0.15) is 0 Å². The third kappa shape index (κ3) is 1.95. The van der Waals surface area contributed by atoms with Gasteiger partial charge in [0.25, 0.3) is 0 Å². The first-order chi connectivity index (χ1) is 13.4. The van der Waals surface area contributed by atoms with Gasteiger partial charge in [-0.25, -0.2) is 0 Å². The molecule has 0 radical (unpaired) electrons. The summed E-state index contributed by atoms with van der Waals surface area (Å²) in [5.41, 5.74) is 3.67. The Morgan fingerprint density at radius 3 is 2.00 bits per heavy atom. The highest BCUT2D eigenvalue weighted by atomic mass is 16.6. The first-order valence-corrected chi connectivity index (χ1v) is 10.3.